The van der Waals surface area contributed by atoms with Crippen molar-refractivity contribution in [2.75, 3.05) is 0 Å². The van der Waals surface area contributed by atoms with Crippen LogP contribution in [0.25, 0.3) is 0 Å². The third-order valence-corrected chi connectivity index (χ3v) is 2.75. The van der Waals surface area contributed by atoms with Crippen molar-refractivity contribution in [1.82, 2.24) is 4.98 Å². The van der Waals surface area contributed by atoms with Gasteiger partial charge in [0.1, 0.15) is 5.76 Å². The third kappa shape index (κ3) is 5.15. The monoisotopic (exact) mass is 221 g/mol. The predicted molar refractivity (Wildman–Crippen MR) is 67.3 cm³/mol. The summed E-state index contributed by atoms with van der Waals surface area (Å²) < 4.78 is 5.25. The van der Waals surface area contributed by atoms with Gasteiger partial charge in [-0.05, 0) is 25.7 Å². The molecule has 2 nitrogen and oxygen atoms in total. The first-order chi connectivity index (χ1) is 7.86. The summed E-state index contributed by atoms with van der Waals surface area (Å²) in [6.45, 7) is 4.47. The van der Waals surface area contributed by atoms with Gasteiger partial charge in [0.15, 0.2) is 6.39 Å². The van der Waals surface area contributed by atoms with E-state index in [-0.39, 0.29) is 0 Å². The van der Waals surface area contributed by atoms with Gasteiger partial charge in [-0.3, -0.25) is 0 Å². The average Bonchev–Trinajstić information content (AvgIpc) is 2.81. The number of hydrogen-bond acceptors (Lipinski definition) is 2. The Bertz CT molecular complexity index is 288. The molecule has 0 radical (unpaired) electrons. The van der Waals surface area contributed by atoms with E-state index in [1.807, 2.05) is 6.20 Å². The highest BCUT2D eigenvalue weighted by Crippen LogP contribution is 2.16. The topological polar surface area (TPSA) is 26.0 Å². The number of aryl methyl sites for hydroxylation is 1. The zero-order chi connectivity index (χ0) is 11.6. The minimum absolute atomic E-state index is 0.985. The summed E-state index contributed by atoms with van der Waals surface area (Å²) in [5.74, 6) is 0.999. The summed E-state index contributed by atoms with van der Waals surface area (Å²) in [5, 5.41) is 0. The zero-order valence-corrected chi connectivity index (χ0v) is 10.5. The van der Waals surface area contributed by atoms with Crippen molar-refractivity contribution in [2.45, 2.75) is 58.8 Å². The maximum Gasteiger partial charge on any atom is 0.180 e. The molecule has 0 bridgehead atoms. The van der Waals surface area contributed by atoms with Crippen molar-refractivity contribution in [2.24, 2.45) is 0 Å². The molecule has 1 aromatic heterocycles. The normalized spacial score (nSPS) is 12.0. The fourth-order valence-corrected chi connectivity index (χ4v) is 1.73. The molecule has 0 spiro atoms. The molecule has 16 heavy (non-hydrogen) atoms. The van der Waals surface area contributed by atoms with Crippen LogP contribution in [0.15, 0.2) is 28.7 Å². The Kier molecular flexibility index (Phi) is 6.62. The first-order valence-corrected chi connectivity index (χ1v) is 6.42. The Morgan fingerprint density at radius 3 is 2.81 bits per heavy atom. The van der Waals surface area contributed by atoms with Crippen LogP contribution in [0.5, 0.6) is 0 Å². The highest BCUT2D eigenvalue weighted by atomic mass is 16.3. The molecule has 0 N–H and O–H groups in total. The largest absolute Gasteiger partial charge is 0.449 e. The molecular weight excluding hydrogens is 198 g/mol. The third-order valence-electron chi connectivity index (χ3n) is 2.75. The molecule has 0 aliphatic rings. The summed E-state index contributed by atoms with van der Waals surface area (Å²) in [7, 11) is 0. The number of rotatable bonds is 8. The minimum atomic E-state index is 0.985. The lowest BCUT2D eigenvalue weighted by Crippen LogP contribution is -1.89. The second-order valence-corrected chi connectivity index (χ2v) is 4.22. The summed E-state index contributed by atoms with van der Waals surface area (Å²) in [6, 6.07) is 0. The molecule has 0 atom stereocenters. The van der Waals surface area contributed by atoms with Crippen LogP contribution in [0.4, 0.5) is 0 Å². The van der Waals surface area contributed by atoms with Crippen molar-refractivity contribution in [1.29, 1.82) is 0 Å². The molecule has 0 saturated carbocycles. The number of oxazole rings is 1. The van der Waals surface area contributed by atoms with Gasteiger partial charge in [-0.1, -0.05) is 38.3 Å². The smallest absolute Gasteiger partial charge is 0.180 e. The van der Waals surface area contributed by atoms with Gasteiger partial charge in [0.05, 0.1) is 6.20 Å². The SMILES string of the molecule is CCCC=C(CCCC)CCc1cnco1. The lowest BCUT2D eigenvalue weighted by Gasteiger charge is -2.05. The van der Waals surface area contributed by atoms with Gasteiger partial charge in [-0.2, -0.15) is 0 Å². The van der Waals surface area contributed by atoms with Gasteiger partial charge < -0.3 is 4.42 Å². The quantitative estimate of drug-likeness (QED) is 0.603. The number of unbranched alkanes of at least 4 members (excludes halogenated alkanes) is 2. The van der Waals surface area contributed by atoms with Crippen molar-refractivity contribution < 1.29 is 4.42 Å². The zero-order valence-electron chi connectivity index (χ0n) is 10.5. The van der Waals surface area contributed by atoms with E-state index < -0.39 is 0 Å². The molecule has 0 aliphatic carbocycles. The Hall–Kier alpha value is -1.05. The Balaban J connectivity index is 2.37. The van der Waals surface area contributed by atoms with Gasteiger partial charge in [0.25, 0.3) is 0 Å². The van der Waals surface area contributed by atoms with Crippen molar-refractivity contribution in [3.05, 3.63) is 30.0 Å². The molecule has 0 aromatic carbocycles. The van der Waals surface area contributed by atoms with Gasteiger partial charge in [0, 0.05) is 6.42 Å². The summed E-state index contributed by atoms with van der Waals surface area (Å²) >= 11 is 0. The lowest BCUT2D eigenvalue weighted by atomic mass is 10.0. The molecule has 0 aliphatic heterocycles. The van der Waals surface area contributed by atoms with Crippen molar-refractivity contribution >= 4 is 0 Å². The van der Waals surface area contributed by atoms with Gasteiger partial charge in [0.2, 0.25) is 0 Å². The van der Waals surface area contributed by atoms with E-state index >= 15 is 0 Å². The number of nitrogens with zero attached hydrogens (tertiary/aromatic N) is 1. The van der Waals surface area contributed by atoms with E-state index in [0.717, 1.165) is 18.6 Å². The second kappa shape index (κ2) is 8.14. The Labute approximate surface area is 98.8 Å². The maximum absolute atomic E-state index is 5.25. The van der Waals surface area contributed by atoms with E-state index in [4.69, 9.17) is 4.42 Å². The van der Waals surface area contributed by atoms with E-state index in [1.54, 1.807) is 5.57 Å². The summed E-state index contributed by atoms with van der Waals surface area (Å²) in [5.41, 5.74) is 1.58. The van der Waals surface area contributed by atoms with Crippen molar-refractivity contribution in [3.8, 4) is 0 Å². The van der Waals surface area contributed by atoms with Gasteiger partial charge in [-0.15, -0.1) is 0 Å². The molecule has 2 heteroatoms. The number of aromatic nitrogens is 1. The first kappa shape index (κ1) is 13.0. The fraction of sp³-hybridized carbons (Fsp3) is 0.643. The van der Waals surface area contributed by atoms with Crippen LogP contribution in [0.2, 0.25) is 0 Å². The fourth-order valence-electron chi connectivity index (χ4n) is 1.73. The molecular formula is C14H23NO. The van der Waals surface area contributed by atoms with Crippen LogP contribution < -0.4 is 0 Å². The van der Waals surface area contributed by atoms with Crippen LogP contribution in [0, 0.1) is 0 Å². The molecule has 1 aromatic rings. The van der Waals surface area contributed by atoms with E-state index in [1.165, 1.54) is 38.5 Å². The second-order valence-electron chi connectivity index (χ2n) is 4.22. The number of allylic oxidation sites excluding steroid dienone is 2. The molecule has 1 heterocycles. The highest BCUT2D eigenvalue weighted by molar-refractivity contribution is 5.05. The highest BCUT2D eigenvalue weighted by Gasteiger charge is 2.01. The number of hydrogen-bond donors (Lipinski definition) is 0. The van der Waals surface area contributed by atoms with Crippen LogP contribution in [0.1, 0.15) is 58.1 Å². The molecule has 90 valence electrons. The lowest BCUT2D eigenvalue weighted by molar-refractivity contribution is 0.500. The van der Waals surface area contributed by atoms with Gasteiger partial charge >= 0.3 is 0 Å². The summed E-state index contributed by atoms with van der Waals surface area (Å²) in [4.78, 5) is 3.94. The van der Waals surface area contributed by atoms with Crippen LogP contribution >= 0.6 is 0 Å². The predicted octanol–water partition coefficient (Wildman–Crippen LogP) is 4.52. The van der Waals surface area contributed by atoms with E-state index in [2.05, 4.69) is 24.9 Å². The Morgan fingerprint density at radius 1 is 1.31 bits per heavy atom. The van der Waals surface area contributed by atoms with E-state index in [0.29, 0.717) is 0 Å². The van der Waals surface area contributed by atoms with Crippen LogP contribution in [0.3, 0.4) is 0 Å². The summed E-state index contributed by atoms with van der Waals surface area (Å²) in [6.07, 6.45) is 14.1. The molecule has 0 amide bonds. The van der Waals surface area contributed by atoms with Crippen molar-refractivity contribution in [3.63, 3.8) is 0 Å². The van der Waals surface area contributed by atoms with Gasteiger partial charge in [-0.25, -0.2) is 4.98 Å². The van der Waals surface area contributed by atoms with E-state index in [9.17, 15) is 0 Å². The first-order valence-electron chi connectivity index (χ1n) is 6.42. The minimum Gasteiger partial charge on any atom is -0.449 e. The van der Waals surface area contributed by atoms with Crippen LogP contribution in [-0.2, 0) is 6.42 Å². The van der Waals surface area contributed by atoms with Crippen LogP contribution in [-0.4, -0.2) is 4.98 Å². The molecule has 0 unspecified atom stereocenters. The standard InChI is InChI=1S/C14H23NO/c1-3-5-7-13(8-6-4-2)9-10-14-11-15-12-16-14/h7,11-12H,3-6,8-10H2,1-2H3. The average molecular weight is 221 g/mol. The Morgan fingerprint density at radius 2 is 2.19 bits per heavy atom. The molecule has 0 saturated heterocycles. The molecule has 1 rings (SSSR count). The molecule has 0 fully saturated rings. The maximum atomic E-state index is 5.25.